The van der Waals surface area contributed by atoms with Crippen molar-refractivity contribution in [1.29, 1.82) is 0 Å². The molecule has 116 valence electrons. The van der Waals surface area contributed by atoms with E-state index in [0.717, 1.165) is 6.07 Å². The Morgan fingerprint density at radius 2 is 2.24 bits per heavy atom. The van der Waals surface area contributed by atoms with Crippen molar-refractivity contribution in [3.05, 3.63) is 34.9 Å². The summed E-state index contributed by atoms with van der Waals surface area (Å²) in [6.45, 7) is 0.281. The van der Waals surface area contributed by atoms with Crippen LogP contribution in [0.2, 0.25) is 0 Å². The summed E-state index contributed by atoms with van der Waals surface area (Å²) in [5, 5.41) is 3.73. The van der Waals surface area contributed by atoms with E-state index in [1.165, 1.54) is 6.20 Å². The summed E-state index contributed by atoms with van der Waals surface area (Å²) in [7, 11) is 0. The van der Waals surface area contributed by atoms with Crippen LogP contribution >= 0.6 is 11.6 Å². The standard InChI is InChI=1S/C13H13ClF4N2O/c1-7(11-3-9(14)5-19-11)8-2-10(15)12(20-4-8)21-6-13(16,17)18/h2,4-5,7,11,19H,3,6H2,1H3. The van der Waals surface area contributed by atoms with Crippen LogP contribution in [0.5, 0.6) is 5.88 Å². The van der Waals surface area contributed by atoms with Crippen LogP contribution in [0, 0.1) is 5.82 Å². The molecule has 21 heavy (non-hydrogen) atoms. The minimum absolute atomic E-state index is 0.000596. The largest absolute Gasteiger partial charge is 0.466 e. The number of hydrogen-bond donors (Lipinski definition) is 1. The van der Waals surface area contributed by atoms with Crippen molar-refractivity contribution in [2.75, 3.05) is 6.61 Å². The van der Waals surface area contributed by atoms with Gasteiger partial charge in [0.2, 0.25) is 0 Å². The molecule has 2 rings (SSSR count). The number of nitrogens with one attached hydrogen (secondary N) is 1. The predicted octanol–water partition coefficient (Wildman–Crippen LogP) is 3.71. The van der Waals surface area contributed by atoms with Crippen LogP contribution in [0.4, 0.5) is 17.6 Å². The second-order valence-corrected chi connectivity index (χ2v) is 5.30. The lowest BCUT2D eigenvalue weighted by Crippen LogP contribution is -2.26. The third kappa shape index (κ3) is 4.23. The van der Waals surface area contributed by atoms with Gasteiger partial charge in [0.05, 0.1) is 0 Å². The molecule has 1 aliphatic heterocycles. The number of pyridine rings is 1. The fraction of sp³-hybridized carbons (Fsp3) is 0.462. The van der Waals surface area contributed by atoms with Gasteiger partial charge in [0, 0.05) is 35.8 Å². The van der Waals surface area contributed by atoms with Crippen molar-refractivity contribution in [3.8, 4) is 5.88 Å². The van der Waals surface area contributed by atoms with E-state index in [0.29, 0.717) is 17.0 Å². The van der Waals surface area contributed by atoms with Crippen LogP contribution in [-0.4, -0.2) is 23.8 Å². The van der Waals surface area contributed by atoms with E-state index in [4.69, 9.17) is 11.6 Å². The Bertz CT molecular complexity index is 547. The summed E-state index contributed by atoms with van der Waals surface area (Å²) in [5.41, 5.74) is 0.559. The van der Waals surface area contributed by atoms with Gasteiger partial charge < -0.3 is 10.1 Å². The first-order valence-electron chi connectivity index (χ1n) is 6.22. The monoisotopic (exact) mass is 324 g/mol. The summed E-state index contributed by atoms with van der Waals surface area (Å²) in [4.78, 5) is 3.62. The molecule has 1 aliphatic rings. The summed E-state index contributed by atoms with van der Waals surface area (Å²) < 4.78 is 54.1. The lowest BCUT2D eigenvalue weighted by Gasteiger charge is -2.20. The fourth-order valence-electron chi connectivity index (χ4n) is 2.02. The quantitative estimate of drug-likeness (QED) is 0.857. The molecule has 2 heterocycles. The Morgan fingerprint density at radius 3 is 2.76 bits per heavy atom. The molecule has 8 heteroatoms. The topological polar surface area (TPSA) is 34.1 Å². The molecule has 2 atom stereocenters. The van der Waals surface area contributed by atoms with Gasteiger partial charge in [-0.3, -0.25) is 0 Å². The first-order valence-corrected chi connectivity index (χ1v) is 6.59. The molecule has 0 aliphatic carbocycles. The summed E-state index contributed by atoms with van der Waals surface area (Å²) in [6, 6.07) is 1.14. The first-order chi connectivity index (χ1) is 9.76. The highest BCUT2D eigenvalue weighted by Gasteiger charge is 2.29. The molecule has 0 saturated heterocycles. The van der Waals surface area contributed by atoms with Crippen LogP contribution in [0.15, 0.2) is 23.5 Å². The van der Waals surface area contributed by atoms with E-state index in [1.54, 1.807) is 6.20 Å². The summed E-state index contributed by atoms with van der Waals surface area (Å²) in [6.07, 6.45) is -0.937. The van der Waals surface area contributed by atoms with Gasteiger partial charge in [-0.15, -0.1) is 0 Å². The minimum Gasteiger partial charge on any atom is -0.466 e. The normalized spacial score (nSPS) is 19.9. The van der Waals surface area contributed by atoms with Gasteiger partial charge in [-0.2, -0.15) is 13.2 Å². The SMILES string of the molecule is CC(c1cnc(OCC(F)(F)F)c(F)c1)C1CC(Cl)=CN1. The minimum atomic E-state index is -4.53. The van der Waals surface area contributed by atoms with Crippen LogP contribution < -0.4 is 10.1 Å². The average molecular weight is 325 g/mol. The van der Waals surface area contributed by atoms with Gasteiger partial charge in [0.1, 0.15) is 0 Å². The third-order valence-corrected chi connectivity index (χ3v) is 3.46. The number of rotatable bonds is 4. The highest BCUT2D eigenvalue weighted by molar-refractivity contribution is 6.29. The Hall–Kier alpha value is -1.50. The number of nitrogens with zero attached hydrogens (tertiary/aromatic N) is 1. The molecule has 1 aromatic rings. The van der Waals surface area contributed by atoms with Crippen molar-refractivity contribution >= 4 is 11.6 Å². The molecule has 1 N–H and O–H groups in total. The van der Waals surface area contributed by atoms with E-state index >= 15 is 0 Å². The van der Waals surface area contributed by atoms with Gasteiger partial charge in [-0.25, -0.2) is 9.37 Å². The highest BCUT2D eigenvalue weighted by Crippen LogP contribution is 2.29. The maximum absolute atomic E-state index is 13.7. The van der Waals surface area contributed by atoms with E-state index < -0.39 is 24.5 Å². The van der Waals surface area contributed by atoms with E-state index in [9.17, 15) is 17.6 Å². The van der Waals surface area contributed by atoms with E-state index in [1.807, 2.05) is 6.92 Å². The van der Waals surface area contributed by atoms with E-state index in [2.05, 4.69) is 15.0 Å². The molecule has 0 aromatic carbocycles. The number of ether oxygens (including phenoxy) is 1. The van der Waals surface area contributed by atoms with Crippen LogP contribution in [-0.2, 0) is 0 Å². The van der Waals surface area contributed by atoms with Gasteiger partial charge in [-0.05, 0) is 11.6 Å². The van der Waals surface area contributed by atoms with Gasteiger partial charge >= 0.3 is 6.18 Å². The molecular weight excluding hydrogens is 312 g/mol. The Labute approximate surface area is 124 Å². The van der Waals surface area contributed by atoms with Crippen LogP contribution in [0.3, 0.4) is 0 Å². The number of aromatic nitrogens is 1. The molecule has 0 fully saturated rings. The van der Waals surface area contributed by atoms with Gasteiger partial charge in [0.15, 0.2) is 12.4 Å². The molecule has 0 saturated carbocycles. The first kappa shape index (κ1) is 15.9. The number of alkyl halides is 3. The summed E-state index contributed by atoms with van der Waals surface area (Å²) in [5.74, 6) is -1.67. The zero-order valence-electron chi connectivity index (χ0n) is 11.0. The smallest absolute Gasteiger partial charge is 0.422 e. The summed E-state index contributed by atoms with van der Waals surface area (Å²) >= 11 is 5.86. The molecule has 0 bridgehead atoms. The lowest BCUT2D eigenvalue weighted by molar-refractivity contribution is -0.154. The third-order valence-electron chi connectivity index (χ3n) is 3.20. The van der Waals surface area contributed by atoms with Crippen molar-refractivity contribution in [3.63, 3.8) is 0 Å². The number of halogens is 5. The second-order valence-electron chi connectivity index (χ2n) is 4.82. The molecule has 0 radical (unpaired) electrons. The lowest BCUT2D eigenvalue weighted by atomic mass is 9.93. The maximum Gasteiger partial charge on any atom is 0.422 e. The van der Waals surface area contributed by atoms with Crippen LogP contribution in [0.1, 0.15) is 24.8 Å². The molecule has 3 nitrogen and oxygen atoms in total. The van der Waals surface area contributed by atoms with Crippen molar-refractivity contribution < 1.29 is 22.3 Å². The Morgan fingerprint density at radius 1 is 1.52 bits per heavy atom. The van der Waals surface area contributed by atoms with Crippen molar-refractivity contribution in [1.82, 2.24) is 10.3 Å². The Kier molecular flexibility index (Phi) is 4.61. The van der Waals surface area contributed by atoms with Crippen LogP contribution in [0.25, 0.3) is 0 Å². The molecular formula is C13H13ClF4N2O. The van der Waals surface area contributed by atoms with Crippen molar-refractivity contribution in [2.45, 2.75) is 31.5 Å². The molecule has 1 aromatic heterocycles. The zero-order valence-corrected chi connectivity index (χ0v) is 11.8. The zero-order chi connectivity index (χ0) is 15.6. The maximum atomic E-state index is 13.7. The molecule has 0 spiro atoms. The second kappa shape index (κ2) is 6.09. The fourth-order valence-corrected chi connectivity index (χ4v) is 2.25. The van der Waals surface area contributed by atoms with E-state index in [-0.39, 0.29) is 12.0 Å². The molecule has 2 unspecified atom stereocenters. The highest BCUT2D eigenvalue weighted by atomic mass is 35.5. The predicted molar refractivity (Wildman–Crippen MR) is 69.6 cm³/mol. The van der Waals surface area contributed by atoms with Gasteiger partial charge in [0.25, 0.3) is 5.88 Å². The van der Waals surface area contributed by atoms with Gasteiger partial charge in [-0.1, -0.05) is 18.5 Å². The molecule has 0 amide bonds. The Balaban J connectivity index is 2.05. The number of hydrogen-bond acceptors (Lipinski definition) is 3. The average Bonchev–Trinajstić information content (AvgIpc) is 2.82. The van der Waals surface area contributed by atoms with Crippen molar-refractivity contribution in [2.24, 2.45) is 0 Å².